The van der Waals surface area contributed by atoms with Gasteiger partial charge < -0.3 is 9.30 Å². The molecule has 1 aromatic heterocycles. The number of fused-ring (bicyclic) bond motifs is 1. The van der Waals surface area contributed by atoms with Crippen LogP contribution in [0.15, 0.2) is 48.5 Å². The highest BCUT2D eigenvalue weighted by molar-refractivity contribution is 5.78. The van der Waals surface area contributed by atoms with Crippen LogP contribution < -0.4 is 4.74 Å². The molecule has 0 spiro atoms. The van der Waals surface area contributed by atoms with Gasteiger partial charge in [0.15, 0.2) is 0 Å². The topological polar surface area (TPSA) is 27.1 Å². The van der Waals surface area contributed by atoms with Gasteiger partial charge in [0.25, 0.3) is 0 Å². The molecule has 0 aliphatic heterocycles. The second-order valence-electron chi connectivity index (χ2n) is 7.40. The van der Waals surface area contributed by atoms with E-state index < -0.39 is 0 Å². The first-order chi connectivity index (χ1) is 12.8. The number of imidazole rings is 1. The van der Waals surface area contributed by atoms with Crippen molar-refractivity contribution in [3.8, 4) is 5.75 Å². The standard InChI is InChI=1S/C23H28N2O/c1-26-20-14-15-21-22(17-20)25(16-8-11-18-9-4-2-5-10-18)23(24-21)19-12-6-3-7-13-19/h2,4-5,9-10,14-15,17,19H,3,6-8,11-13,16H2,1H3. The fourth-order valence-corrected chi connectivity index (χ4v) is 4.24. The zero-order valence-electron chi connectivity index (χ0n) is 15.7. The number of benzene rings is 2. The SMILES string of the molecule is COc1ccc2nc(C3CCCCC3)n(CCCc3ccccc3)c2c1. The molecule has 0 N–H and O–H groups in total. The van der Waals surface area contributed by atoms with E-state index in [9.17, 15) is 0 Å². The van der Waals surface area contributed by atoms with Gasteiger partial charge in [-0.15, -0.1) is 0 Å². The monoisotopic (exact) mass is 348 g/mol. The molecule has 0 unspecified atom stereocenters. The van der Waals surface area contributed by atoms with Crippen LogP contribution in [0.4, 0.5) is 0 Å². The summed E-state index contributed by atoms with van der Waals surface area (Å²) in [5.41, 5.74) is 3.73. The fraction of sp³-hybridized carbons (Fsp3) is 0.435. The molecule has 136 valence electrons. The number of aromatic nitrogens is 2. The molecule has 4 rings (SSSR count). The minimum Gasteiger partial charge on any atom is -0.497 e. The number of aryl methyl sites for hydroxylation is 2. The van der Waals surface area contributed by atoms with Crippen LogP contribution in [0.3, 0.4) is 0 Å². The van der Waals surface area contributed by atoms with Crippen LogP contribution in [0, 0.1) is 0 Å². The maximum atomic E-state index is 5.46. The molecule has 1 fully saturated rings. The predicted octanol–water partition coefficient (Wildman–Crippen LogP) is 5.73. The second-order valence-corrected chi connectivity index (χ2v) is 7.40. The Hall–Kier alpha value is -2.29. The Morgan fingerprint density at radius 2 is 1.85 bits per heavy atom. The molecule has 1 heterocycles. The van der Waals surface area contributed by atoms with Gasteiger partial charge in [0.1, 0.15) is 11.6 Å². The van der Waals surface area contributed by atoms with Crippen molar-refractivity contribution in [2.75, 3.05) is 7.11 Å². The maximum absolute atomic E-state index is 5.46. The average molecular weight is 348 g/mol. The third-order valence-corrected chi connectivity index (χ3v) is 5.65. The second kappa shape index (κ2) is 7.94. The molecule has 3 nitrogen and oxygen atoms in total. The summed E-state index contributed by atoms with van der Waals surface area (Å²) in [5.74, 6) is 2.82. The molecule has 0 saturated heterocycles. The first kappa shape index (κ1) is 17.1. The van der Waals surface area contributed by atoms with E-state index in [2.05, 4.69) is 47.0 Å². The Balaban J connectivity index is 1.62. The molecular formula is C23H28N2O. The summed E-state index contributed by atoms with van der Waals surface area (Å²) in [6.07, 6.45) is 8.83. The zero-order chi connectivity index (χ0) is 17.8. The Bertz CT molecular complexity index is 847. The van der Waals surface area contributed by atoms with Crippen LogP contribution in [-0.4, -0.2) is 16.7 Å². The number of hydrogen-bond acceptors (Lipinski definition) is 2. The van der Waals surface area contributed by atoms with Crippen LogP contribution in [0.2, 0.25) is 0 Å². The van der Waals surface area contributed by atoms with Gasteiger partial charge >= 0.3 is 0 Å². The lowest BCUT2D eigenvalue weighted by Crippen LogP contribution is -2.13. The summed E-state index contributed by atoms with van der Waals surface area (Å²) >= 11 is 0. The van der Waals surface area contributed by atoms with Crippen molar-refractivity contribution < 1.29 is 4.74 Å². The molecule has 0 atom stereocenters. The third-order valence-electron chi connectivity index (χ3n) is 5.65. The van der Waals surface area contributed by atoms with E-state index in [0.29, 0.717) is 5.92 Å². The minimum absolute atomic E-state index is 0.610. The molecule has 1 aliphatic carbocycles. The number of nitrogens with zero attached hydrogens (tertiary/aromatic N) is 2. The predicted molar refractivity (Wildman–Crippen MR) is 107 cm³/mol. The van der Waals surface area contributed by atoms with Gasteiger partial charge in [-0.2, -0.15) is 0 Å². The highest BCUT2D eigenvalue weighted by Crippen LogP contribution is 2.34. The van der Waals surface area contributed by atoms with Gasteiger partial charge in [-0.05, 0) is 43.4 Å². The minimum atomic E-state index is 0.610. The third kappa shape index (κ3) is 3.62. The number of methoxy groups -OCH3 is 1. The number of hydrogen-bond donors (Lipinski definition) is 0. The molecule has 2 aromatic carbocycles. The van der Waals surface area contributed by atoms with Crippen LogP contribution in [0.5, 0.6) is 5.75 Å². The molecule has 1 aliphatic rings. The van der Waals surface area contributed by atoms with E-state index in [0.717, 1.165) is 30.7 Å². The molecule has 3 aromatic rings. The summed E-state index contributed by atoms with van der Waals surface area (Å²) < 4.78 is 7.93. The Morgan fingerprint density at radius 3 is 2.62 bits per heavy atom. The molecule has 0 amide bonds. The largest absolute Gasteiger partial charge is 0.497 e. The number of ether oxygens (including phenoxy) is 1. The van der Waals surface area contributed by atoms with Crippen molar-refractivity contribution in [1.29, 1.82) is 0 Å². The van der Waals surface area contributed by atoms with Gasteiger partial charge in [0.2, 0.25) is 0 Å². The molecular weight excluding hydrogens is 320 g/mol. The van der Waals surface area contributed by atoms with E-state index in [1.54, 1.807) is 7.11 Å². The molecule has 3 heteroatoms. The Kier molecular flexibility index (Phi) is 5.24. The molecule has 1 saturated carbocycles. The fourth-order valence-electron chi connectivity index (χ4n) is 4.24. The van der Waals surface area contributed by atoms with Crippen LogP contribution in [0.1, 0.15) is 55.8 Å². The van der Waals surface area contributed by atoms with Crippen molar-refractivity contribution in [1.82, 2.24) is 9.55 Å². The summed E-state index contributed by atoms with van der Waals surface area (Å²) in [7, 11) is 1.74. The first-order valence-corrected chi connectivity index (χ1v) is 9.93. The summed E-state index contributed by atoms with van der Waals surface area (Å²) in [5, 5.41) is 0. The van der Waals surface area contributed by atoms with E-state index in [-0.39, 0.29) is 0 Å². The van der Waals surface area contributed by atoms with Crippen molar-refractivity contribution >= 4 is 11.0 Å². The van der Waals surface area contributed by atoms with Crippen LogP contribution >= 0.6 is 0 Å². The van der Waals surface area contributed by atoms with E-state index in [1.165, 1.54) is 49.0 Å². The first-order valence-electron chi connectivity index (χ1n) is 9.93. The van der Waals surface area contributed by atoms with Crippen molar-refractivity contribution in [3.63, 3.8) is 0 Å². The van der Waals surface area contributed by atoms with E-state index in [4.69, 9.17) is 9.72 Å². The highest BCUT2D eigenvalue weighted by atomic mass is 16.5. The van der Waals surface area contributed by atoms with Crippen molar-refractivity contribution in [2.24, 2.45) is 0 Å². The van der Waals surface area contributed by atoms with E-state index in [1.807, 2.05) is 6.07 Å². The summed E-state index contributed by atoms with van der Waals surface area (Å²) in [6.45, 7) is 1.02. The van der Waals surface area contributed by atoms with Crippen LogP contribution in [-0.2, 0) is 13.0 Å². The number of rotatable bonds is 6. The van der Waals surface area contributed by atoms with Gasteiger partial charge in [-0.1, -0.05) is 49.6 Å². The van der Waals surface area contributed by atoms with Crippen molar-refractivity contribution in [3.05, 3.63) is 59.9 Å². The highest BCUT2D eigenvalue weighted by Gasteiger charge is 2.22. The van der Waals surface area contributed by atoms with Gasteiger partial charge in [0.05, 0.1) is 18.1 Å². The lowest BCUT2D eigenvalue weighted by atomic mass is 9.88. The van der Waals surface area contributed by atoms with Gasteiger partial charge in [-0.3, -0.25) is 0 Å². The molecule has 26 heavy (non-hydrogen) atoms. The lowest BCUT2D eigenvalue weighted by Gasteiger charge is -2.22. The summed E-state index contributed by atoms with van der Waals surface area (Å²) in [6, 6.07) is 17.1. The van der Waals surface area contributed by atoms with E-state index >= 15 is 0 Å². The normalized spacial score (nSPS) is 15.4. The smallest absolute Gasteiger partial charge is 0.121 e. The zero-order valence-corrected chi connectivity index (χ0v) is 15.7. The molecule has 0 radical (unpaired) electrons. The Morgan fingerprint density at radius 1 is 1.04 bits per heavy atom. The Labute approximate surface area is 156 Å². The quantitative estimate of drug-likeness (QED) is 0.569. The molecule has 0 bridgehead atoms. The van der Waals surface area contributed by atoms with Gasteiger partial charge in [-0.25, -0.2) is 4.98 Å². The van der Waals surface area contributed by atoms with Gasteiger partial charge in [0, 0.05) is 18.5 Å². The maximum Gasteiger partial charge on any atom is 0.121 e. The lowest BCUT2D eigenvalue weighted by molar-refractivity contribution is 0.412. The summed E-state index contributed by atoms with van der Waals surface area (Å²) in [4.78, 5) is 5.04. The average Bonchev–Trinajstić information content (AvgIpc) is 3.07. The van der Waals surface area contributed by atoms with Crippen molar-refractivity contribution in [2.45, 2.75) is 57.4 Å². The van der Waals surface area contributed by atoms with Crippen LogP contribution in [0.25, 0.3) is 11.0 Å².